The number of methoxy groups -OCH3 is 1. The number of esters is 1. The molecule has 0 unspecified atom stereocenters. The summed E-state index contributed by atoms with van der Waals surface area (Å²) in [6.45, 7) is 2.10. The molecule has 8 heteroatoms. The molecule has 1 heterocycles. The topological polar surface area (TPSA) is 111 Å². The molecule has 0 bridgehead atoms. The van der Waals surface area contributed by atoms with Gasteiger partial charge in [-0.3, -0.25) is 0 Å². The minimum absolute atomic E-state index is 0.334. The summed E-state index contributed by atoms with van der Waals surface area (Å²) < 4.78 is 10.1. The van der Waals surface area contributed by atoms with Crippen molar-refractivity contribution in [3.63, 3.8) is 0 Å². The van der Waals surface area contributed by atoms with Crippen LogP contribution < -0.4 is 21.1 Å². The zero-order valence-corrected chi connectivity index (χ0v) is 15.6. The fraction of sp³-hybridized carbons (Fsp3) is 0.150. The molecule has 0 radical (unpaired) electrons. The van der Waals surface area contributed by atoms with Crippen LogP contribution in [0.4, 0.5) is 28.7 Å². The number of nitrogens with two attached hydrogens (primary N) is 1. The van der Waals surface area contributed by atoms with E-state index < -0.39 is 0 Å². The number of aromatic nitrogens is 2. The molecule has 3 rings (SSSR count). The zero-order valence-electron chi connectivity index (χ0n) is 15.6. The van der Waals surface area contributed by atoms with Crippen molar-refractivity contribution in [3.8, 4) is 5.75 Å². The minimum Gasteiger partial charge on any atom is -0.497 e. The second kappa shape index (κ2) is 8.72. The highest BCUT2D eigenvalue weighted by molar-refractivity contribution is 5.90. The summed E-state index contributed by atoms with van der Waals surface area (Å²) in [6.07, 6.45) is 1.41. The van der Waals surface area contributed by atoms with Gasteiger partial charge < -0.3 is 25.8 Å². The summed E-state index contributed by atoms with van der Waals surface area (Å²) in [7, 11) is 1.61. The Hall–Kier alpha value is -3.81. The van der Waals surface area contributed by atoms with Gasteiger partial charge in [0.15, 0.2) is 11.6 Å². The van der Waals surface area contributed by atoms with Crippen molar-refractivity contribution in [1.29, 1.82) is 0 Å². The Morgan fingerprint density at radius 2 is 1.50 bits per heavy atom. The Morgan fingerprint density at radius 3 is 2.00 bits per heavy atom. The SMILES string of the molecule is CCOC(=O)c1ccc(Nc2ncnc(Nc3ccc(OC)cc3)c2N)cc1. The van der Waals surface area contributed by atoms with Gasteiger partial charge in [0, 0.05) is 11.4 Å². The first-order valence-electron chi connectivity index (χ1n) is 8.66. The molecule has 0 atom stereocenters. The molecule has 28 heavy (non-hydrogen) atoms. The van der Waals surface area contributed by atoms with Gasteiger partial charge in [-0.1, -0.05) is 0 Å². The highest BCUT2D eigenvalue weighted by Gasteiger charge is 2.10. The predicted octanol–water partition coefficient (Wildman–Crippen LogP) is 3.73. The van der Waals surface area contributed by atoms with Gasteiger partial charge in [0.05, 0.1) is 19.3 Å². The molecule has 2 aromatic carbocycles. The molecule has 0 amide bonds. The average Bonchev–Trinajstić information content (AvgIpc) is 2.72. The fourth-order valence-corrected chi connectivity index (χ4v) is 2.45. The quantitative estimate of drug-likeness (QED) is 0.533. The van der Waals surface area contributed by atoms with Gasteiger partial charge in [0.25, 0.3) is 0 Å². The number of nitrogens with one attached hydrogen (secondary N) is 2. The first-order chi connectivity index (χ1) is 13.6. The van der Waals surface area contributed by atoms with Crippen LogP contribution in [-0.2, 0) is 4.74 Å². The summed E-state index contributed by atoms with van der Waals surface area (Å²) in [5, 5.41) is 6.28. The molecule has 0 aliphatic heterocycles. The molecule has 1 aromatic heterocycles. The van der Waals surface area contributed by atoms with E-state index in [2.05, 4.69) is 20.6 Å². The van der Waals surface area contributed by atoms with Crippen LogP contribution in [0.25, 0.3) is 0 Å². The zero-order chi connectivity index (χ0) is 19.9. The molecule has 144 valence electrons. The molecule has 0 saturated heterocycles. The Bertz CT molecular complexity index is 943. The Morgan fingerprint density at radius 1 is 0.964 bits per heavy atom. The molecular weight excluding hydrogens is 358 g/mol. The summed E-state index contributed by atoms with van der Waals surface area (Å²) in [4.78, 5) is 20.1. The van der Waals surface area contributed by atoms with E-state index in [-0.39, 0.29) is 5.97 Å². The molecule has 8 nitrogen and oxygen atoms in total. The smallest absolute Gasteiger partial charge is 0.338 e. The van der Waals surface area contributed by atoms with Crippen LogP contribution in [0.2, 0.25) is 0 Å². The third kappa shape index (κ3) is 4.47. The van der Waals surface area contributed by atoms with Gasteiger partial charge >= 0.3 is 5.97 Å². The van der Waals surface area contributed by atoms with E-state index in [9.17, 15) is 4.79 Å². The van der Waals surface area contributed by atoms with Gasteiger partial charge in [0.1, 0.15) is 17.8 Å². The molecule has 0 fully saturated rings. The molecule has 0 saturated carbocycles. The van der Waals surface area contributed by atoms with Gasteiger partial charge in [0.2, 0.25) is 0 Å². The van der Waals surface area contributed by atoms with Crippen molar-refractivity contribution in [3.05, 3.63) is 60.4 Å². The fourth-order valence-electron chi connectivity index (χ4n) is 2.45. The van der Waals surface area contributed by atoms with E-state index in [4.69, 9.17) is 15.2 Å². The van der Waals surface area contributed by atoms with Crippen LogP contribution in [0.1, 0.15) is 17.3 Å². The Labute approximate surface area is 162 Å². The number of hydrogen-bond donors (Lipinski definition) is 3. The first-order valence-corrected chi connectivity index (χ1v) is 8.66. The van der Waals surface area contributed by atoms with Crippen molar-refractivity contribution in [1.82, 2.24) is 9.97 Å². The molecule has 3 aromatic rings. The van der Waals surface area contributed by atoms with Crippen molar-refractivity contribution in [2.24, 2.45) is 0 Å². The van der Waals surface area contributed by atoms with E-state index in [0.29, 0.717) is 29.5 Å². The maximum atomic E-state index is 11.7. The third-order valence-electron chi connectivity index (χ3n) is 3.90. The number of benzene rings is 2. The van der Waals surface area contributed by atoms with Gasteiger partial charge in [-0.15, -0.1) is 0 Å². The second-order valence-corrected chi connectivity index (χ2v) is 5.76. The number of ether oxygens (including phenoxy) is 2. The van der Waals surface area contributed by atoms with Gasteiger partial charge in [-0.2, -0.15) is 0 Å². The summed E-state index contributed by atoms with van der Waals surface area (Å²) in [6, 6.07) is 14.3. The lowest BCUT2D eigenvalue weighted by atomic mass is 10.2. The number of carbonyl (C=O) groups is 1. The molecular formula is C20H21N5O3. The standard InChI is InChI=1S/C20H21N5O3/c1-3-28-20(26)13-4-6-14(7-5-13)24-18-17(21)19(23-12-22-18)25-15-8-10-16(27-2)11-9-15/h4-12H,3,21H2,1-2H3,(H2,22,23,24,25). The highest BCUT2D eigenvalue weighted by atomic mass is 16.5. The van der Waals surface area contributed by atoms with Gasteiger partial charge in [-0.05, 0) is 55.5 Å². The van der Waals surface area contributed by atoms with Gasteiger partial charge in [-0.25, -0.2) is 14.8 Å². The van der Waals surface area contributed by atoms with Crippen LogP contribution in [0, 0.1) is 0 Å². The number of nitrogens with zero attached hydrogens (tertiary/aromatic N) is 2. The number of anilines is 5. The predicted molar refractivity (Wildman–Crippen MR) is 108 cm³/mol. The number of carbonyl (C=O) groups excluding carboxylic acids is 1. The summed E-state index contributed by atoms with van der Waals surface area (Å²) in [5.41, 5.74) is 8.60. The largest absolute Gasteiger partial charge is 0.497 e. The number of hydrogen-bond acceptors (Lipinski definition) is 8. The maximum absolute atomic E-state index is 11.7. The lowest BCUT2D eigenvalue weighted by molar-refractivity contribution is 0.0526. The van der Waals surface area contributed by atoms with Crippen LogP contribution in [0.3, 0.4) is 0 Å². The average molecular weight is 379 g/mol. The monoisotopic (exact) mass is 379 g/mol. The number of rotatable bonds is 7. The molecule has 0 aliphatic rings. The van der Waals surface area contributed by atoms with E-state index in [0.717, 1.165) is 17.1 Å². The normalized spacial score (nSPS) is 10.2. The van der Waals surface area contributed by atoms with Crippen molar-refractivity contribution in [2.75, 3.05) is 30.1 Å². The number of nitrogen functional groups attached to an aromatic ring is 1. The molecule has 0 spiro atoms. The third-order valence-corrected chi connectivity index (χ3v) is 3.90. The summed E-state index contributed by atoms with van der Waals surface area (Å²) in [5.74, 6) is 1.33. The van der Waals surface area contributed by atoms with Crippen molar-refractivity contribution in [2.45, 2.75) is 6.92 Å². The van der Waals surface area contributed by atoms with E-state index in [1.165, 1.54) is 6.33 Å². The van der Waals surface area contributed by atoms with Crippen molar-refractivity contribution < 1.29 is 14.3 Å². The van der Waals surface area contributed by atoms with E-state index in [1.54, 1.807) is 38.3 Å². The summed E-state index contributed by atoms with van der Waals surface area (Å²) >= 11 is 0. The molecule has 0 aliphatic carbocycles. The minimum atomic E-state index is -0.360. The van der Waals surface area contributed by atoms with Crippen LogP contribution in [0.15, 0.2) is 54.9 Å². The maximum Gasteiger partial charge on any atom is 0.338 e. The molecule has 4 N–H and O–H groups in total. The first kappa shape index (κ1) is 19.0. The Kier molecular flexibility index (Phi) is 5.91. The highest BCUT2D eigenvalue weighted by Crippen LogP contribution is 2.28. The Balaban J connectivity index is 1.74. The lowest BCUT2D eigenvalue weighted by Crippen LogP contribution is -2.06. The second-order valence-electron chi connectivity index (χ2n) is 5.76. The van der Waals surface area contributed by atoms with Crippen molar-refractivity contribution >= 4 is 34.7 Å². The van der Waals surface area contributed by atoms with E-state index >= 15 is 0 Å². The van der Waals surface area contributed by atoms with E-state index in [1.807, 2.05) is 24.3 Å². The van der Waals surface area contributed by atoms with Crippen LogP contribution in [0.5, 0.6) is 5.75 Å². The van der Waals surface area contributed by atoms with Crippen LogP contribution >= 0.6 is 0 Å². The lowest BCUT2D eigenvalue weighted by Gasteiger charge is -2.13. The van der Waals surface area contributed by atoms with Crippen LogP contribution in [-0.4, -0.2) is 29.7 Å².